The molecule has 1 aromatic heterocycles. The van der Waals surface area contributed by atoms with Crippen LogP contribution in [-0.2, 0) is 13.8 Å². The lowest BCUT2D eigenvalue weighted by Gasteiger charge is -2.22. The SMILES string of the molecule is CC(NC(=O)C1CCCCC1)c1ccc(S(=O)(=O)Cl)s1. The molecule has 1 aliphatic carbocycles. The molecule has 0 aliphatic heterocycles. The number of carbonyl (C=O) groups is 1. The van der Waals surface area contributed by atoms with Gasteiger partial charge in [-0.25, -0.2) is 8.42 Å². The lowest BCUT2D eigenvalue weighted by molar-refractivity contribution is -0.126. The van der Waals surface area contributed by atoms with E-state index in [1.807, 2.05) is 6.92 Å². The number of hydrogen-bond acceptors (Lipinski definition) is 4. The molecule has 2 rings (SSSR count). The van der Waals surface area contributed by atoms with Gasteiger partial charge in [0.1, 0.15) is 4.21 Å². The monoisotopic (exact) mass is 335 g/mol. The van der Waals surface area contributed by atoms with Crippen LogP contribution in [0.5, 0.6) is 0 Å². The van der Waals surface area contributed by atoms with E-state index in [4.69, 9.17) is 10.7 Å². The number of carbonyl (C=O) groups excluding carboxylic acids is 1. The van der Waals surface area contributed by atoms with Crippen LogP contribution in [0.2, 0.25) is 0 Å². The first-order chi connectivity index (χ1) is 9.38. The summed E-state index contributed by atoms with van der Waals surface area (Å²) in [6, 6.07) is 2.98. The molecule has 1 aliphatic rings. The van der Waals surface area contributed by atoms with Gasteiger partial charge in [-0.05, 0) is 31.9 Å². The van der Waals surface area contributed by atoms with Gasteiger partial charge in [-0.15, -0.1) is 11.3 Å². The third-order valence-electron chi connectivity index (χ3n) is 3.60. The number of rotatable bonds is 4. The molecule has 0 saturated heterocycles. The normalized spacial score (nSPS) is 18.7. The minimum atomic E-state index is -3.69. The van der Waals surface area contributed by atoms with Gasteiger partial charge in [-0.3, -0.25) is 4.79 Å². The maximum atomic E-state index is 12.1. The van der Waals surface area contributed by atoms with Crippen LogP contribution in [0.1, 0.15) is 49.9 Å². The van der Waals surface area contributed by atoms with Crippen LogP contribution in [0.4, 0.5) is 0 Å². The summed E-state index contributed by atoms with van der Waals surface area (Å²) in [6.45, 7) is 1.86. The molecular formula is C13H18ClNO3S2. The predicted octanol–water partition coefficient (Wildman–Crippen LogP) is 3.43. The zero-order valence-electron chi connectivity index (χ0n) is 11.3. The van der Waals surface area contributed by atoms with Gasteiger partial charge in [0.15, 0.2) is 0 Å². The highest BCUT2D eigenvalue weighted by Crippen LogP contribution is 2.30. The first kappa shape index (κ1) is 15.8. The van der Waals surface area contributed by atoms with E-state index in [1.54, 1.807) is 6.07 Å². The summed E-state index contributed by atoms with van der Waals surface area (Å²) in [5.74, 6) is 0.170. The fourth-order valence-electron chi connectivity index (χ4n) is 2.47. The van der Waals surface area contributed by atoms with Crippen molar-refractivity contribution >= 4 is 37.0 Å². The Kier molecular flexibility index (Phi) is 5.09. The standard InChI is InChI=1S/C13H18ClNO3S2/c1-9(11-7-8-12(19-11)20(14,17)18)15-13(16)10-5-3-2-4-6-10/h7-10H,2-6H2,1H3,(H,15,16). The van der Waals surface area contributed by atoms with Crippen LogP contribution in [0.3, 0.4) is 0 Å². The Bertz CT molecular complexity index is 576. The third-order valence-corrected chi connectivity index (χ3v) is 6.96. The second kappa shape index (κ2) is 6.45. The molecular weight excluding hydrogens is 318 g/mol. The Hall–Kier alpha value is -0.590. The predicted molar refractivity (Wildman–Crippen MR) is 80.5 cm³/mol. The Balaban J connectivity index is 1.99. The molecule has 1 unspecified atom stereocenters. The van der Waals surface area contributed by atoms with Gasteiger partial charge in [-0.1, -0.05) is 19.3 Å². The number of hydrogen-bond donors (Lipinski definition) is 1. The van der Waals surface area contributed by atoms with Gasteiger partial charge in [0.05, 0.1) is 6.04 Å². The summed E-state index contributed by atoms with van der Waals surface area (Å²) in [4.78, 5) is 12.9. The van der Waals surface area contributed by atoms with Crippen molar-refractivity contribution in [3.63, 3.8) is 0 Å². The molecule has 0 radical (unpaired) electrons. The van der Waals surface area contributed by atoms with Crippen LogP contribution in [0, 0.1) is 5.92 Å². The maximum absolute atomic E-state index is 12.1. The molecule has 7 heteroatoms. The van der Waals surface area contributed by atoms with Gasteiger partial charge in [0, 0.05) is 21.5 Å². The molecule has 1 aromatic rings. The molecule has 20 heavy (non-hydrogen) atoms. The minimum Gasteiger partial charge on any atom is -0.349 e. The fourth-order valence-corrected chi connectivity index (χ4v) is 4.56. The fraction of sp³-hybridized carbons (Fsp3) is 0.615. The van der Waals surface area contributed by atoms with Crippen LogP contribution in [-0.4, -0.2) is 14.3 Å². The number of halogens is 1. The summed E-state index contributed by atoms with van der Waals surface area (Å²) in [5.41, 5.74) is 0. The van der Waals surface area contributed by atoms with Crippen LogP contribution in [0.25, 0.3) is 0 Å². The van der Waals surface area contributed by atoms with E-state index in [1.165, 1.54) is 12.5 Å². The van der Waals surface area contributed by atoms with Gasteiger partial charge in [0.2, 0.25) is 5.91 Å². The van der Waals surface area contributed by atoms with Crippen LogP contribution < -0.4 is 5.32 Å². The highest BCUT2D eigenvalue weighted by molar-refractivity contribution is 8.15. The topological polar surface area (TPSA) is 63.2 Å². The van der Waals surface area contributed by atoms with Crippen molar-refractivity contribution < 1.29 is 13.2 Å². The van der Waals surface area contributed by atoms with E-state index in [0.29, 0.717) is 0 Å². The summed E-state index contributed by atoms with van der Waals surface area (Å²) >= 11 is 1.10. The zero-order valence-corrected chi connectivity index (χ0v) is 13.7. The lowest BCUT2D eigenvalue weighted by atomic mass is 9.88. The molecule has 1 saturated carbocycles. The average Bonchev–Trinajstić information content (AvgIpc) is 2.89. The highest BCUT2D eigenvalue weighted by atomic mass is 35.7. The minimum absolute atomic E-state index is 0.0703. The Morgan fingerprint density at radius 2 is 2.00 bits per heavy atom. The number of nitrogens with one attached hydrogen (secondary N) is 1. The van der Waals surface area contributed by atoms with E-state index in [9.17, 15) is 13.2 Å². The van der Waals surface area contributed by atoms with Crippen molar-refractivity contribution in [1.82, 2.24) is 5.32 Å². The van der Waals surface area contributed by atoms with E-state index < -0.39 is 9.05 Å². The number of thiophene rings is 1. The van der Waals surface area contributed by atoms with E-state index >= 15 is 0 Å². The summed E-state index contributed by atoms with van der Waals surface area (Å²) in [5, 5.41) is 2.96. The van der Waals surface area contributed by atoms with Crippen molar-refractivity contribution in [3.8, 4) is 0 Å². The molecule has 1 amide bonds. The Morgan fingerprint density at radius 1 is 1.35 bits per heavy atom. The van der Waals surface area contributed by atoms with Gasteiger partial charge in [0.25, 0.3) is 9.05 Å². The molecule has 0 spiro atoms. The van der Waals surface area contributed by atoms with E-state index in [-0.39, 0.29) is 22.1 Å². The van der Waals surface area contributed by atoms with Crippen LogP contribution in [0.15, 0.2) is 16.3 Å². The molecule has 1 fully saturated rings. The quantitative estimate of drug-likeness (QED) is 0.857. The molecule has 0 aromatic carbocycles. The molecule has 1 N–H and O–H groups in total. The molecule has 0 bridgehead atoms. The maximum Gasteiger partial charge on any atom is 0.270 e. The molecule has 1 atom stereocenters. The van der Waals surface area contributed by atoms with Crippen molar-refractivity contribution in [1.29, 1.82) is 0 Å². The van der Waals surface area contributed by atoms with Crippen molar-refractivity contribution in [2.75, 3.05) is 0 Å². The van der Waals surface area contributed by atoms with Gasteiger partial charge in [-0.2, -0.15) is 0 Å². The second-order valence-corrected chi connectivity index (χ2v) is 9.07. The first-order valence-electron chi connectivity index (χ1n) is 6.72. The third kappa shape index (κ3) is 3.96. The molecule has 4 nitrogen and oxygen atoms in total. The first-order valence-corrected chi connectivity index (χ1v) is 9.85. The van der Waals surface area contributed by atoms with Gasteiger partial charge >= 0.3 is 0 Å². The molecule has 112 valence electrons. The van der Waals surface area contributed by atoms with E-state index in [0.717, 1.165) is 41.9 Å². The smallest absolute Gasteiger partial charge is 0.270 e. The number of amides is 1. The highest BCUT2D eigenvalue weighted by Gasteiger charge is 2.23. The zero-order chi connectivity index (χ0) is 14.8. The van der Waals surface area contributed by atoms with Crippen LogP contribution >= 0.6 is 22.0 Å². The largest absolute Gasteiger partial charge is 0.349 e. The second-order valence-electron chi connectivity index (χ2n) is 5.16. The van der Waals surface area contributed by atoms with E-state index in [2.05, 4.69) is 5.32 Å². The summed E-state index contributed by atoms with van der Waals surface area (Å²) in [6.07, 6.45) is 5.33. The average molecular weight is 336 g/mol. The van der Waals surface area contributed by atoms with Gasteiger partial charge < -0.3 is 5.32 Å². The summed E-state index contributed by atoms with van der Waals surface area (Å²) < 4.78 is 22.6. The molecule has 1 heterocycles. The lowest BCUT2D eigenvalue weighted by Crippen LogP contribution is -2.33. The van der Waals surface area contributed by atoms with Crippen molar-refractivity contribution in [2.45, 2.75) is 49.3 Å². The Labute approximate surface area is 127 Å². The summed E-state index contributed by atoms with van der Waals surface area (Å²) in [7, 11) is 1.61. The van der Waals surface area contributed by atoms with Crippen molar-refractivity contribution in [3.05, 3.63) is 17.0 Å². The van der Waals surface area contributed by atoms with Crippen molar-refractivity contribution in [2.24, 2.45) is 5.92 Å². The Morgan fingerprint density at radius 3 is 2.55 bits per heavy atom.